The van der Waals surface area contributed by atoms with Crippen molar-refractivity contribution >= 4 is 51.1 Å². The van der Waals surface area contributed by atoms with E-state index in [0.29, 0.717) is 54.7 Å². The highest BCUT2D eigenvalue weighted by molar-refractivity contribution is 5.95. The number of hydrogen-bond donors (Lipinski definition) is 4. The zero-order valence-electron chi connectivity index (χ0n) is 32.9. The maximum atomic E-state index is 13.3. The van der Waals surface area contributed by atoms with Gasteiger partial charge < -0.3 is 24.5 Å². The lowest BCUT2D eigenvalue weighted by Crippen LogP contribution is -2.21. The Kier molecular flexibility index (Phi) is 13.1. The predicted octanol–water partition coefficient (Wildman–Crippen LogP) is 7.84. The molecule has 5 N–H and O–H groups in total. The van der Waals surface area contributed by atoms with E-state index in [1.165, 1.54) is 25.3 Å². The van der Waals surface area contributed by atoms with Crippen LogP contribution in [0, 0.1) is 13.8 Å². The van der Waals surface area contributed by atoms with E-state index in [4.69, 9.17) is 30.2 Å². The Bertz CT molecular complexity index is 2110. The van der Waals surface area contributed by atoms with E-state index in [0.717, 1.165) is 69.3 Å². The number of methoxy groups -OCH3 is 2. The molecule has 290 valence electrons. The van der Waals surface area contributed by atoms with Gasteiger partial charge in [0.15, 0.2) is 0 Å². The summed E-state index contributed by atoms with van der Waals surface area (Å²) in [4.78, 5) is 60.6. The molecule has 2 aliphatic heterocycles. The molecule has 0 aliphatic carbocycles. The van der Waals surface area contributed by atoms with Gasteiger partial charge >= 0.3 is 17.9 Å². The molecule has 12 heteroatoms. The number of aromatic amines is 2. The Labute approximate surface area is 316 Å². The number of carboxylic acid groups (broad SMARTS) is 1. The Morgan fingerprint density at radius 2 is 1.46 bits per heavy atom. The summed E-state index contributed by atoms with van der Waals surface area (Å²) in [7, 11) is 2.73. The topological polar surface area (TPSA) is 183 Å². The molecule has 2 aliphatic rings. The number of fused-ring (bicyclic) bond motifs is 8. The fourth-order valence-electron chi connectivity index (χ4n) is 8.14. The zero-order valence-corrected chi connectivity index (χ0v) is 32.9. The smallest absolute Gasteiger partial charge is 0.310 e. The van der Waals surface area contributed by atoms with Gasteiger partial charge in [-0.1, -0.05) is 33.6 Å². The van der Waals surface area contributed by atoms with Gasteiger partial charge in [-0.15, -0.1) is 0 Å². The van der Waals surface area contributed by atoms with E-state index in [2.05, 4.69) is 62.8 Å². The predicted molar refractivity (Wildman–Crippen MR) is 210 cm³/mol. The number of aryl methyl sites for hydroxylation is 4. The number of aliphatic carboxylic acids is 1. The van der Waals surface area contributed by atoms with Crippen LogP contribution < -0.4 is 5.90 Å². The number of esters is 2. The van der Waals surface area contributed by atoms with Crippen LogP contribution in [0.25, 0.3) is 33.2 Å². The molecule has 0 saturated heterocycles. The van der Waals surface area contributed by atoms with Crippen LogP contribution in [-0.4, -0.2) is 63.3 Å². The molecule has 0 amide bonds. The lowest BCUT2D eigenvalue weighted by atomic mass is 9.84. The standard InChI is InChI=1S/C42H55N5O7/c1-9-26-22(3)30-19-32-24(5)28(16-17-37(48)49)41(46-32)29(18-39(51)53-8)42-40(36(54-43)14-12-11-13-15-38(50)52-7)25(6)33(47-42)21-35-27(10-2)23(4)31(45-35)20-34(26)44-30/h19-21,24,28,36,44-45H,9-18,43H2,1-8H3,(H,48,49)/t24-,28-,36?/m0/s1. The van der Waals surface area contributed by atoms with Gasteiger partial charge in [-0.3, -0.25) is 24.2 Å². The van der Waals surface area contributed by atoms with Gasteiger partial charge in [-0.25, -0.2) is 10.9 Å². The molecule has 0 fully saturated rings. The third-order valence-corrected chi connectivity index (χ3v) is 11.3. The third kappa shape index (κ3) is 8.29. The van der Waals surface area contributed by atoms with Gasteiger partial charge in [0, 0.05) is 63.6 Å². The molecule has 3 aromatic heterocycles. The molecule has 12 nitrogen and oxygen atoms in total. The molecule has 8 bridgehead atoms. The summed E-state index contributed by atoms with van der Waals surface area (Å²) < 4.78 is 10.0. The Morgan fingerprint density at radius 1 is 0.833 bits per heavy atom. The molecule has 5 heterocycles. The highest BCUT2D eigenvalue weighted by Gasteiger charge is 2.36. The van der Waals surface area contributed by atoms with Crippen LogP contribution in [0.3, 0.4) is 0 Å². The van der Waals surface area contributed by atoms with Crippen molar-refractivity contribution in [1.29, 1.82) is 0 Å². The number of nitrogens with one attached hydrogen (secondary N) is 2. The number of aromatic nitrogens is 4. The molecular weight excluding hydrogens is 686 g/mol. The first kappa shape index (κ1) is 40.4. The molecule has 0 spiro atoms. The van der Waals surface area contributed by atoms with E-state index in [9.17, 15) is 19.5 Å². The van der Waals surface area contributed by atoms with Gasteiger partial charge in [0.05, 0.1) is 37.7 Å². The third-order valence-electron chi connectivity index (χ3n) is 11.3. The number of H-pyrrole nitrogens is 2. The summed E-state index contributed by atoms with van der Waals surface area (Å²) in [5, 5.41) is 9.81. The van der Waals surface area contributed by atoms with Gasteiger partial charge in [-0.05, 0) is 98.9 Å². The van der Waals surface area contributed by atoms with Gasteiger partial charge in [0.2, 0.25) is 0 Å². The lowest BCUT2D eigenvalue weighted by molar-refractivity contribution is -0.141. The fourth-order valence-corrected chi connectivity index (χ4v) is 8.14. The summed E-state index contributed by atoms with van der Waals surface area (Å²) in [6.07, 6.45) is 4.13. The number of nitrogens with two attached hydrogens (primary N) is 1. The van der Waals surface area contributed by atoms with Gasteiger partial charge in [0.25, 0.3) is 0 Å². The summed E-state index contributed by atoms with van der Waals surface area (Å²) in [5.74, 6) is 3.97. The molecular formula is C42H55N5O7. The van der Waals surface area contributed by atoms with Crippen molar-refractivity contribution in [2.75, 3.05) is 14.2 Å². The number of unbranched alkanes of at least 4 members (excludes halogenated alkanes) is 2. The number of ether oxygens (including phenoxy) is 2. The minimum absolute atomic E-state index is 0.0685. The van der Waals surface area contributed by atoms with E-state index < -0.39 is 18.0 Å². The van der Waals surface area contributed by atoms with Gasteiger partial charge in [0.1, 0.15) is 6.10 Å². The van der Waals surface area contributed by atoms with Crippen molar-refractivity contribution in [2.45, 2.75) is 124 Å². The van der Waals surface area contributed by atoms with Crippen LogP contribution >= 0.6 is 0 Å². The van der Waals surface area contributed by atoms with Crippen molar-refractivity contribution in [3.05, 3.63) is 68.8 Å². The van der Waals surface area contributed by atoms with Crippen LogP contribution in [0.1, 0.15) is 135 Å². The second kappa shape index (κ2) is 17.6. The van der Waals surface area contributed by atoms with E-state index in [-0.39, 0.29) is 30.6 Å². The van der Waals surface area contributed by atoms with Crippen molar-refractivity contribution in [3.63, 3.8) is 0 Å². The molecule has 1 unspecified atom stereocenters. The van der Waals surface area contributed by atoms with Crippen LogP contribution in [-0.2, 0) is 48.0 Å². The highest BCUT2D eigenvalue weighted by Crippen LogP contribution is 2.45. The number of hydrogen-bond acceptors (Lipinski definition) is 9. The Balaban J connectivity index is 1.89. The second-order valence-corrected chi connectivity index (χ2v) is 14.4. The Hall–Kier alpha value is -4.81. The average molecular weight is 742 g/mol. The number of allylic oxidation sites excluding steroid dienone is 1. The quantitative estimate of drug-likeness (QED) is 0.0680. The minimum Gasteiger partial charge on any atom is -0.481 e. The SMILES string of the molecule is CCc1c(C)c2cc3[nH]c(cc4nc(c(CC(=O)OC)c5nc(cc1[nH]2)C(C)=C5C(CCCCCC(=O)OC)ON)[C@@H](CCC(=O)O)[C@@H]4C)c(C)c3CC. The summed E-state index contributed by atoms with van der Waals surface area (Å²) >= 11 is 0. The van der Waals surface area contributed by atoms with Crippen LogP contribution in [0.2, 0.25) is 0 Å². The van der Waals surface area contributed by atoms with Crippen LogP contribution in [0.4, 0.5) is 0 Å². The molecule has 0 radical (unpaired) electrons. The first-order valence-electron chi connectivity index (χ1n) is 19.0. The zero-order chi connectivity index (χ0) is 39.3. The number of carbonyl (C=O) groups is 3. The fraction of sp³-hybridized carbons (Fsp3) is 0.500. The lowest BCUT2D eigenvalue weighted by Gasteiger charge is -2.21. The first-order valence-corrected chi connectivity index (χ1v) is 19.0. The number of carbonyl (C=O) groups excluding carboxylic acids is 2. The average Bonchev–Trinajstić information content (AvgIpc) is 3.83. The maximum absolute atomic E-state index is 13.3. The second-order valence-electron chi connectivity index (χ2n) is 14.4. The number of nitrogens with zero attached hydrogens (tertiary/aromatic N) is 2. The van der Waals surface area contributed by atoms with Crippen molar-refractivity contribution in [2.24, 2.45) is 5.90 Å². The van der Waals surface area contributed by atoms with Gasteiger partial charge in [-0.2, -0.15) is 0 Å². The molecule has 0 aromatic carbocycles. The molecule has 3 aromatic rings. The molecule has 5 rings (SSSR count). The number of carboxylic acids is 1. The van der Waals surface area contributed by atoms with Crippen molar-refractivity contribution in [1.82, 2.24) is 19.9 Å². The minimum atomic E-state index is -0.907. The molecule has 3 atom stereocenters. The largest absolute Gasteiger partial charge is 0.481 e. The van der Waals surface area contributed by atoms with E-state index >= 15 is 0 Å². The summed E-state index contributed by atoms with van der Waals surface area (Å²) in [5.41, 5.74) is 13.3. The first-order chi connectivity index (χ1) is 25.9. The normalized spacial score (nSPS) is 16.1. The van der Waals surface area contributed by atoms with Crippen molar-refractivity contribution < 1.29 is 33.8 Å². The van der Waals surface area contributed by atoms with E-state index in [1.54, 1.807) is 0 Å². The monoisotopic (exact) mass is 741 g/mol. The number of rotatable bonds is 15. The van der Waals surface area contributed by atoms with Crippen molar-refractivity contribution in [3.8, 4) is 0 Å². The highest BCUT2D eigenvalue weighted by atomic mass is 16.6. The maximum Gasteiger partial charge on any atom is 0.310 e. The summed E-state index contributed by atoms with van der Waals surface area (Å²) in [6, 6.07) is 6.29. The molecule has 54 heavy (non-hydrogen) atoms. The Morgan fingerprint density at radius 3 is 2.06 bits per heavy atom. The van der Waals surface area contributed by atoms with Crippen LogP contribution in [0.15, 0.2) is 18.2 Å². The van der Waals surface area contributed by atoms with E-state index in [1.807, 2.05) is 6.92 Å². The molecule has 0 saturated carbocycles. The summed E-state index contributed by atoms with van der Waals surface area (Å²) in [6.45, 7) is 12.6. The van der Waals surface area contributed by atoms with Crippen LogP contribution in [0.5, 0.6) is 0 Å².